The van der Waals surface area contributed by atoms with Gasteiger partial charge >= 0.3 is 0 Å². The van der Waals surface area contributed by atoms with E-state index in [0.717, 1.165) is 32.8 Å². The lowest BCUT2D eigenvalue weighted by Gasteiger charge is -2.25. The number of ether oxygens (including phenoxy) is 3. The summed E-state index contributed by atoms with van der Waals surface area (Å²) in [5, 5.41) is 0. The summed E-state index contributed by atoms with van der Waals surface area (Å²) in [7, 11) is 0. The summed E-state index contributed by atoms with van der Waals surface area (Å²) in [6, 6.07) is 0. The van der Waals surface area contributed by atoms with Crippen molar-refractivity contribution in [1.82, 2.24) is 0 Å². The normalized spacial score (nSPS) is 33.1. The van der Waals surface area contributed by atoms with E-state index in [1.54, 1.807) is 0 Å². The maximum atomic E-state index is 5.67. The van der Waals surface area contributed by atoms with Crippen LogP contribution in [0.3, 0.4) is 0 Å². The van der Waals surface area contributed by atoms with Crippen LogP contribution in [0.2, 0.25) is 0 Å². The van der Waals surface area contributed by atoms with E-state index in [1.165, 1.54) is 12.8 Å². The van der Waals surface area contributed by atoms with Crippen LogP contribution in [0, 0.1) is 5.92 Å². The minimum absolute atomic E-state index is 0.0269. The molecule has 0 aromatic heterocycles. The van der Waals surface area contributed by atoms with Gasteiger partial charge < -0.3 is 14.2 Å². The Labute approximate surface area is 85.0 Å². The Kier molecular flexibility index (Phi) is 3.98. The molecule has 1 saturated heterocycles. The molecule has 2 atom stereocenters. The van der Waals surface area contributed by atoms with Gasteiger partial charge in [-0.2, -0.15) is 0 Å². The molecule has 0 saturated carbocycles. The molecule has 0 radical (unpaired) electrons. The second kappa shape index (κ2) is 5.49. The van der Waals surface area contributed by atoms with Gasteiger partial charge in [-0.15, -0.1) is 0 Å². The van der Waals surface area contributed by atoms with E-state index in [0.29, 0.717) is 5.92 Å². The fourth-order valence-corrected chi connectivity index (χ4v) is 1.77. The highest BCUT2D eigenvalue weighted by molar-refractivity contribution is 4.91. The lowest BCUT2D eigenvalue weighted by Crippen LogP contribution is -2.26. The maximum absolute atomic E-state index is 5.67. The molecule has 0 bridgehead atoms. The highest BCUT2D eigenvalue weighted by Crippen LogP contribution is 2.15. The second-order valence-corrected chi connectivity index (χ2v) is 3.86. The van der Waals surface area contributed by atoms with E-state index in [9.17, 15) is 0 Å². The van der Waals surface area contributed by atoms with Crippen LogP contribution in [0.5, 0.6) is 0 Å². The van der Waals surface area contributed by atoms with Crippen molar-refractivity contribution in [3.63, 3.8) is 0 Å². The van der Waals surface area contributed by atoms with Crippen LogP contribution in [-0.2, 0) is 14.2 Å². The Balaban J connectivity index is 1.65. The molecular formula is C11H18O3. The first-order valence-corrected chi connectivity index (χ1v) is 5.43. The molecule has 2 aliphatic rings. The highest BCUT2D eigenvalue weighted by atomic mass is 16.7. The zero-order valence-corrected chi connectivity index (χ0v) is 8.48. The van der Waals surface area contributed by atoms with E-state index in [4.69, 9.17) is 14.2 Å². The van der Waals surface area contributed by atoms with Gasteiger partial charge in [-0.1, -0.05) is 12.2 Å². The molecule has 0 spiro atoms. The summed E-state index contributed by atoms with van der Waals surface area (Å²) in [6.45, 7) is 3.10. The van der Waals surface area contributed by atoms with Gasteiger partial charge in [0.1, 0.15) is 0 Å². The van der Waals surface area contributed by atoms with E-state index in [-0.39, 0.29) is 6.29 Å². The first-order valence-electron chi connectivity index (χ1n) is 5.43. The van der Waals surface area contributed by atoms with E-state index in [1.807, 2.05) is 0 Å². The Morgan fingerprint density at radius 1 is 1.36 bits per heavy atom. The Hall–Kier alpha value is -0.380. The van der Waals surface area contributed by atoms with E-state index >= 15 is 0 Å². The van der Waals surface area contributed by atoms with E-state index in [2.05, 4.69) is 12.2 Å². The largest absolute Gasteiger partial charge is 0.377 e. The molecule has 3 nitrogen and oxygen atoms in total. The van der Waals surface area contributed by atoms with Crippen molar-refractivity contribution in [2.45, 2.75) is 25.6 Å². The van der Waals surface area contributed by atoms with Gasteiger partial charge in [0.25, 0.3) is 0 Å². The predicted octanol–water partition coefficient (Wildman–Crippen LogP) is 1.73. The zero-order chi connectivity index (χ0) is 9.64. The Bertz CT molecular complexity index is 185. The van der Waals surface area contributed by atoms with Crippen LogP contribution in [0.4, 0.5) is 0 Å². The average Bonchev–Trinajstić information content (AvgIpc) is 2.29. The van der Waals surface area contributed by atoms with Crippen LogP contribution >= 0.6 is 0 Å². The van der Waals surface area contributed by atoms with Crippen molar-refractivity contribution >= 4 is 0 Å². The average molecular weight is 198 g/mol. The maximum Gasteiger partial charge on any atom is 0.157 e. The smallest absolute Gasteiger partial charge is 0.157 e. The summed E-state index contributed by atoms with van der Waals surface area (Å²) in [4.78, 5) is 0. The molecule has 2 rings (SSSR count). The summed E-state index contributed by atoms with van der Waals surface area (Å²) in [6.07, 6.45) is 7.69. The fraction of sp³-hybridized carbons (Fsp3) is 0.818. The van der Waals surface area contributed by atoms with Crippen molar-refractivity contribution in [2.24, 2.45) is 5.92 Å². The SMILES string of the molecule is C1=C[C@@H](COC2CCCCO2)COC1. The van der Waals surface area contributed by atoms with Crippen LogP contribution in [0.15, 0.2) is 12.2 Å². The van der Waals surface area contributed by atoms with Gasteiger partial charge in [-0.3, -0.25) is 0 Å². The first-order chi connectivity index (χ1) is 6.95. The third-order valence-electron chi connectivity index (χ3n) is 2.59. The van der Waals surface area contributed by atoms with Crippen LogP contribution in [0.25, 0.3) is 0 Å². The van der Waals surface area contributed by atoms with Crippen molar-refractivity contribution in [2.75, 3.05) is 26.4 Å². The third-order valence-corrected chi connectivity index (χ3v) is 2.59. The Morgan fingerprint density at radius 3 is 3.07 bits per heavy atom. The molecule has 80 valence electrons. The molecule has 2 heterocycles. The molecule has 0 amide bonds. The van der Waals surface area contributed by atoms with Crippen LogP contribution < -0.4 is 0 Å². The van der Waals surface area contributed by atoms with Gasteiger partial charge in [-0.25, -0.2) is 0 Å². The predicted molar refractivity (Wildman–Crippen MR) is 53.0 cm³/mol. The third kappa shape index (κ3) is 3.08. The molecule has 0 aliphatic carbocycles. The molecular weight excluding hydrogens is 180 g/mol. The molecule has 2 aliphatic heterocycles. The van der Waals surface area contributed by atoms with Crippen molar-refractivity contribution in [3.8, 4) is 0 Å². The highest BCUT2D eigenvalue weighted by Gasteiger charge is 2.16. The zero-order valence-electron chi connectivity index (χ0n) is 8.48. The van der Waals surface area contributed by atoms with E-state index < -0.39 is 0 Å². The van der Waals surface area contributed by atoms with Crippen molar-refractivity contribution in [3.05, 3.63) is 12.2 Å². The molecule has 0 aromatic carbocycles. The summed E-state index contributed by atoms with van der Waals surface area (Å²) in [5.74, 6) is 0.411. The monoisotopic (exact) mass is 198 g/mol. The quantitative estimate of drug-likeness (QED) is 0.646. The lowest BCUT2D eigenvalue weighted by atomic mass is 10.1. The minimum atomic E-state index is 0.0269. The molecule has 0 N–H and O–H groups in total. The van der Waals surface area contributed by atoms with Gasteiger partial charge in [0.2, 0.25) is 0 Å². The van der Waals surface area contributed by atoms with Gasteiger partial charge in [-0.05, 0) is 19.3 Å². The summed E-state index contributed by atoms with van der Waals surface area (Å²) < 4.78 is 16.5. The van der Waals surface area contributed by atoms with Crippen LogP contribution in [0.1, 0.15) is 19.3 Å². The summed E-state index contributed by atoms with van der Waals surface area (Å²) >= 11 is 0. The van der Waals surface area contributed by atoms with Crippen molar-refractivity contribution < 1.29 is 14.2 Å². The number of hydrogen-bond acceptors (Lipinski definition) is 3. The number of rotatable bonds is 3. The molecule has 1 fully saturated rings. The molecule has 1 unspecified atom stereocenters. The Morgan fingerprint density at radius 2 is 2.36 bits per heavy atom. The first kappa shape index (κ1) is 10.1. The molecule has 14 heavy (non-hydrogen) atoms. The molecule has 0 aromatic rings. The minimum Gasteiger partial charge on any atom is -0.377 e. The van der Waals surface area contributed by atoms with Crippen molar-refractivity contribution in [1.29, 1.82) is 0 Å². The second-order valence-electron chi connectivity index (χ2n) is 3.86. The van der Waals surface area contributed by atoms with Crippen LogP contribution in [-0.4, -0.2) is 32.7 Å². The van der Waals surface area contributed by atoms with Gasteiger partial charge in [0.15, 0.2) is 6.29 Å². The topological polar surface area (TPSA) is 27.7 Å². The van der Waals surface area contributed by atoms with Gasteiger partial charge in [0.05, 0.1) is 19.8 Å². The van der Waals surface area contributed by atoms with Gasteiger partial charge in [0, 0.05) is 12.5 Å². The standard InChI is InChI=1S/C11H18O3/c1-2-7-13-11(5-1)14-9-10-4-3-6-12-8-10/h3-4,10-11H,1-2,5-9H2/t10-,11?/m1/s1. The molecule has 3 heteroatoms. The number of hydrogen-bond donors (Lipinski definition) is 0. The summed E-state index contributed by atoms with van der Waals surface area (Å²) in [5.41, 5.74) is 0. The fourth-order valence-electron chi connectivity index (χ4n) is 1.77. The lowest BCUT2D eigenvalue weighted by molar-refractivity contribution is -0.169.